The van der Waals surface area contributed by atoms with E-state index >= 15 is 0 Å². The Morgan fingerprint density at radius 2 is 1.73 bits per heavy atom. The summed E-state index contributed by atoms with van der Waals surface area (Å²) in [6.45, 7) is 6.34. The van der Waals surface area contributed by atoms with Gasteiger partial charge in [-0.05, 0) is 18.4 Å². The summed E-state index contributed by atoms with van der Waals surface area (Å²) in [6.07, 6.45) is 0. The van der Waals surface area contributed by atoms with Crippen LogP contribution in [0.5, 0.6) is 0 Å². The summed E-state index contributed by atoms with van der Waals surface area (Å²) in [7, 11) is 0. The van der Waals surface area contributed by atoms with Crippen molar-refractivity contribution in [2.45, 2.75) is 26.7 Å². The van der Waals surface area contributed by atoms with Gasteiger partial charge >= 0.3 is 0 Å². The van der Waals surface area contributed by atoms with Crippen LogP contribution in [0.3, 0.4) is 0 Å². The maximum absolute atomic E-state index is 4.12. The van der Waals surface area contributed by atoms with Crippen LogP contribution in [-0.4, -0.2) is 15.4 Å². The number of nitrogens with zero attached hydrogens (tertiary/aromatic N) is 2. The number of aromatic amines is 1. The van der Waals surface area contributed by atoms with Gasteiger partial charge in [0.1, 0.15) is 5.69 Å². The van der Waals surface area contributed by atoms with Gasteiger partial charge in [-0.3, -0.25) is 0 Å². The molecule has 3 nitrogen and oxygen atoms in total. The molecule has 2 rings (SSSR count). The highest BCUT2D eigenvalue weighted by Gasteiger charge is 2.06. The quantitative estimate of drug-likeness (QED) is 0.811. The number of hydrogen-bond donors (Lipinski definition) is 1. The van der Waals surface area contributed by atoms with Gasteiger partial charge in [0.2, 0.25) is 0 Å². The van der Waals surface area contributed by atoms with Gasteiger partial charge < -0.3 is 0 Å². The second kappa shape index (κ2) is 3.85. The minimum atomic E-state index is 0.567. The highest BCUT2D eigenvalue weighted by molar-refractivity contribution is 5.61. The molecule has 1 N–H and O–H groups in total. The predicted molar refractivity (Wildman–Crippen MR) is 60.6 cm³/mol. The van der Waals surface area contributed by atoms with Gasteiger partial charge in [0.05, 0.1) is 5.69 Å². The molecule has 1 heterocycles. The normalized spacial score (nSPS) is 10.9. The van der Waals surface area contributed by atoms with Gasteiger partial charge in [-0.2, -0.15) is 15.4 Å². The molecule has 0 saturated carbocycles. The number of nitrogens with one attached hydrogen (secondary N) is 1. The highest BCUT2D eigenvalue weighted by Crippen LogP contribution is 2.22. The summed E-state index contributed by atoms with van der Waals surface area (Å²) >= 11 is 0. The lowest BCUT2D eigenvalue weighted by molar-refractivity contribution is 0.867. The predicted octanol–water partition coefficient (Wildman–Crippen LogP) is 2.90. The van der Waals surface area contributed by atoms with Crippen molar-refractivity contribution in [3.63, 3.8) is 0 Å². The molecule has 0 atom stereocenters. The minimum absolute atomic E-state index is 0.567. The molecule has 0 fully saturated rings. The molecule has 15 heavy (non-hydrogen) atoms. The Balaban J connectivity index is 2.36. The number of H-pyrrole nitrogens is 1. The minimum Gasteiger partial charge on any atom is -0.197 e. The lowest BCUT2D eigenvalue weighted by atomic mass is 10.0. The van der Waals surface area contributed by atoms with Crippen LogP contribution >= 0.6 is 0 Å². The fourth-order valence-electron chi connectivity index (χ4n) is 1.58. The molecule has 0 aliphatic carbocycles. The van der Waals surface area contributed by atoms with E-state index in [0.717, 1.165) is 17.0 Å². The summed E-state index contributed by atoms with van der Waals surface area (Å²) in [5.41, 5.74) is 4.34. The second-order valence-electron chi connectivity index (χ2n) is 4.03. The third kappa shape index (κ3) is 1.91. The zero-order valence-corrected chi connectivity index (χ0v) is 9.28. The number of benzene rings is 1. The first-order valence-corrected chi connectivity index (χ1v) is 5.16. The number of aryl methyl sites for hydroxylation is 1. The van der Waals surface area contributed by atoms with Crippen LogP contribution < -0.4 is 0 Å². The molecule has 0 spiro atoms. The topological polar surface area (TPSA) is 41.6 Å². The summed E-state index contributed by atoms with van der Waals surface area (Å²) < 4.78 is 0. The van der Waals surface area contributed by atoms with Crippen LogP contribution in [-0.2, 0) is 0 Å². The van der Waals surface area contributed by atoms with Crippen molar-refractivity contribution in [2.24, 2.45) is 0 Å². The first-order chi connectivity index (χ1) is 7.18. The van der Waals surface area contributed by atoms with Crippen LogP contribution in [0.1, 0.15) is 31.0 Å². The van der Waals surface area contributed by atoms with E-state index in [0.29, 0.717) is 5.92 Å². The molecule has 1 aromatic heterocycles. The molecular formula is C12H15N3. The fourth-order valence-corrected chi connectivity index (χ4v) is 1.58. The van der Waals surface area contributed by atoms with Crippen molar-refractivity contribution in [1.82, 2.24) is 15.4 Å². The standard InChI is InChI=1S/C12H15N3/c1-8(2)10-4-6-11(7-5-10)12-9(3)13-15-14-12/h4-8H,1-3H3,(H,13,14,15). The van der Waals surface area contributed by atoms with E-state index in [1.165, 1.54) is 5.56 Å². The zero-order valence-electron chi connectivity index (χ0n) is 9.28. The van der Waals surface area contributed by atoms with Crippen molar-refractivity contribution in [2.75, 3.05) is 0 Å². The van der Waals surface area contributed by atoms with Crippen LogP contribution in [0.25, 0.3) is 11.3 Å². The van der Waals surface area contributed by atoms with Gasteiger partial charge in [-0.1, -0.05) is 38.1 Å². The van der Waals surface area contributed by atoms with Gasteiger partial charge in [-0.25, -0.2) is 0 Å². The molecule has 3 heteroatoms. The molecule has 0 amide bonds. The number of aromatic nitrogens is 3. The Hall–Kier alpha value is -1.64. The Morgan fingerprint density at radius 3 is 2.20 bits per heavy atom. The van der Waals surface area contributed by atoms with E-state index in [1.807, 2.05) is 6.92 Å². The van der Waals surface area contributed by atoms with Crippen molar-refractivity contribution in [3.05, 3.63) is 35.5 Å². The summed E-state index contributed by atoms with van der Waals surface area (Å²) in [4.78, 5) is 0. The molecule has 1 aromatic carbocycles. The average Bonchev–Trinajstić information content (AvgIpc) is 2.65. The summed E-state index contributed by atoms with van der Waals surface area (Å²) in [6, 6.07) is 8.49. The molecule has 0 saturated heterocycles. The van der Waals surface area contributed by atoms with E-state index in [1.54, 1.807) is 0 Å². The lowest BCUT2D eigenvalue weighted by Crippen LogP contribution is -1.87. The Morgan fingerprint density at radius 1 is 1.07 bits per heavy atom. The van der Waals surface area contributed by atoms with Crippen molar-refractivity contribution >= 4 is 0 Å². The van der Waals surface area contributed by atoms with Crippen molar-refractivity contribution in [3.8, 4) is 11.3 Å². The third-order valence-corrected chi connectivity index (χ3v) is 2.57. The van der Waals surface area contributed by atoms with E-state index in [9.17, 15) is 0 Å². The molecule has 78 valence electrons. The molecular weight excluding hydrogens is 186 g/mol. The fraction of sp³-hybridized carbons (Fsp3) is 0.333. The smallest absolute Gasteiger partial charge is 0.115 e. The van der Waals surface area contributed by atoms with Gasteiger partial charge in [-0.15, -0.1) is 0 Å². The Bertz CT molecular complexity index is 440. The molecule has 0 aliphatic rings. The molecule has 2 aromatic rings. The maximum atomic E-state index is 4.12. The van der Waals surface area contributed by atoms with Crippen molar-refractivity contribution < 1.29 is 0 Å². The maximum Gasteiger partial charge on any atom is 0.115 e. The summed E-state index contributed by atoms with van der Waals surface area (Å²) in [5, 5.41) is 10.8. The van der Waals surface area contributed by atoms with E-state index in [-0.39, 0.29) is 0 Å². The molecule has 0 aliphatic heterocycles. The number of hydrogen-bond acceptors (Lipinski definition) is 2. The van der Waals surface area contributed by atoms with E-state index < -0.39 is 0 Å². The van der Waals surface area contributed by atoms with E-state index in [2.05, 4.69) is 53.5 Å². The van der Waals surface area contributed by atoms with Crippen LogP contribution in [0, 0.1) is 6.92 Å². The van der Waals surface area contributed by atoms with Crippen LogP contribution in [0.4, 0.5) is 0 Å². The number of rotatable bonds is 2. The van der Waals surface area contributed by atoms with Crippen LogP contribution in [0.15, 0.2) is 24.3 Å². The monoisotopic (exact) mass is 201 g/mol. The van der Waals surface area contributed by atoms with Crippen molar-refractivity contribution in [1.29, 1.82) is 0 Å². The third-order valence-electron chi connectivity index (χ3n) is 2.57. The molecule has 0 unspecified atom stereocenters. The average molecular weight is 201 g/mol. The Kier molecular flexibility index (Phi) is 2.54. The van der Waals surface area contributed by atoms with Gasteiger partial charge in [0, 0.05) is 5.56 Å². The first kappa shape index (κ1) is 9.90. The zero-order chi connectivity index (χ0) is 10.8. The van der Waals surface area contributed by atoms with Gasteiger partial charge in [0.25, 0.3) is 0 Å². The largest absolute Gasteiger partial charge is 0.197 e. The Labute approximate surface area is 89.5 Å². The first-order valence-electron chi connectivity index (χ1n) is 5.16. The second-order valence-corrected chi connectivity index (χ2v) is 4.03. The molecule has 0 radical (unpaired) electrons. The summed E-state index contributed by atoms with van der Waals surface area (Å²) in [5.74, 6) is 0.567. The lowest BCUT2D eigenvalue weighted by Gasteiger charge is -2.05. The SMILES string of the molecule is Cc1n[nH]nc1-c1ccc(C(C)C)cc1. The van der Waals surface area contributed by atoms with Crippen LogP contribution in [0.2, 0.25) is 0 Å². The van der Waals surface area contributed by atoms with Gasteiger partial charge in [0.15, 0.2) is 0 Å². The van der Waals surface area contributed by atoms with E-state index in [4.69, 9.17) is 0 Å². The molecule has 0 bridgehead atoms. The highest BCUT2D eigenvalue weighted by atomic mass is 15.3.